The van der Waals surface area contributed by atoms with Gasteiger partial charge in [0.15, 0.2) is 15.8 Å². The largest absolute Gasteiger partial charge is 0.379 e. The third kappa shape index (κ3) is 7.58. The van der Waals surface area contributed by atoms with Crippen molar-refractivity contribution in [2.24, 2.45) is 10.9 Å². The molecule has 0 aromatic carbocycles. The molecule has 0 aromatic rings. The van der Waals surface area contributed by atoms with Gasteiger partial charge < -0.3 is 15.4 Å². The van der Waals surface area contributed by atoms with E-state index in [2.05, 4.69) is 34.4 Å². The molecule has 1 saturated heterocycles. The monoisotopic (exact) mass is 404 g/mol. The number of aliphatic imine (C=N–C) groups is 1. The maximum absolute atomic E-state index is 12.2. The maximum Gasteiger partial charge on any atom is 0.191 e. The minimum absolute atomic E-state index is 0.0939. The van der Waals surface area contributed by atoms with Crippen LogP contribution in [0.4, 0.5) is 0 Å². The highest BCUT2D eigenvalue weighted by Crippen LogP contribution is 2.19. The highest BCUT2D eigenvalue weighted by Gasteiger charge is 2.29. The molecule has 1 aliphatic rings. The van der Waals surface area contributed by atoms with Crippen molar-refractivity contribution in [3.63, 3.8) is 0 Å². The van der Waals surface area contributed by atoms with Gasteiger partial charge in [-0.3, -0.25) is 9.89 Å². The zero-order valence-electron chi connectivity index (χ0n) is 18.0. The minimum atomic E-state index is -3.14. The normalized spacial score (nSPS) is 18.6. The van der Waals surface area contributed by atoms with E-state index >= 15 is 0 Å². The van der Waals surface area contributed by atoms with Crippen LogP contribution < -0.4 is 10.6 Å². The van der Waals surface area contributed by atoms with Gasteiger partial charge in [0.25, 0.3) is 0 Å². The molecule has 27 heavy (non-hydrogen) atoms. The first-order valence-corrected chi connectivity index (χ1v) is 11.8. The summed E-state index contributed by atoms with van der Waals surface area (Å²) in [5.41, 5.74) is 0. The summed E-state index contributed by atoms with van der Waals surface area (Å²) in [4.78, 5) is 6.76. The number of rotatable bonds is 9. The SMILES string of the molecule is CCC(CC)C(CNC(=NC)NCCS(=O)(=O)C(C)(C)C)N1CCOCC1. The van der Waals surface area contributed by atoms with Gasteiger partial charge in [0.1, 0.15) is 0 Å². The molecular weight excluding hydrogens is 364 g/mol. The molecular formula is C19H40N4O3S. The molecule has 160 valence electrons. The number of guanidine groups is 1. The number of sulfone groups is 1. The first-order valence-electron chi connectivity index (χ1n) is 10.1. The van der Waals surface area contributed by atoms with Crippen molar-refractivity contribution < 1.29 is 13.2 Å². The topological polar surface area (TPSA) is 83.0 Å². The van der Waals surface area contributed by atoms with Crippen molar-refractivity contribution in [1.82, 2.24) is 15.5 Å². The van der Waals surface area contributed by atoms with Gasteiger partial charge in [0.2, 0.25) is 0 Å². The molecule has 0 aliphatic carbocycles. The predicted molar refractivity (Wildman–Crippen MR) is 113 cm³/mol. The van der Waals surface area contributed by atoms with Crippen LogP contribution in [0.25, 0.3) is 0 Å². The molecule has 8 heteroatoms. The summed E-state index contributed by atoms with van der Waals surface area (Å²) in [5, 5.41) is 6.55. The standard InChI is InChI=1S/C19H40N4O3S/c1-7-16(8-2)17(23-10-12-26-13-11-23)15-22-18(20-6)21-9-14-27(24,25)19(3,4)5/h16-17H,7-15H2,1-6H3,(H2,20,21,22). The van der Waals surface area contributed by atoms with Crippen molar-refractivity contribution in [2.45, 2.75) is 58.2 Å². The summed E-state index contributed by atoms with van der Waals surface area (Å²) in [7, 11) is -1.42. The minimum Gasteiger partial charge on any atom is -0.379 e. The van der Waals surface area contributed by atoms with Crippen molar-refractivity contribution in [1.29, 1.82) is 0 Å². The van der Waals surface area contributed by atoms with Gasteiger partial charge in [0, 0.05) is 39.3 Å². The molecule has 1 heterocycles. The van der Waals surface area contributed by atoms with Crippen molar-refractivity contribution in [2.75, 3.05) is 52.2 Å². The number of morpholine rings is 1. The van der Waals surface area contributed by atoms with Gasteiger partial charge in [-0.05, 0) is 26.7 Å². The average Bonchev–Trinajstić information content (AvgIpc) is 2.63. The van der Waals surface area contributed by atoms with Gasteiger partial charge in [-0.2, -0.15) is 0 Å². The fraction of sp³-hybridized carbons (Fsp3) is 0.947. The Hall–Kier alpha value is -0.860. The first-order chi connectivity index (χ1) is 12.7. The number of hydrogen-bond acceptors (Lipinski definition) is 5. The summed E-state index contributed by atoms with van der Waals surface area (Å²) in [6.45, 7) is 14.3. The van der Waals surface area contributed by atoms with Crippen LogP contribution >= 0.6 is 0 Å². The zero-order chi connectivity index (χ0) is 20.5. The second kappa shape index (κ2) is 11.2. The Morgan fingerprint density at radius 1 is 1.15 bits per heavy atom. The Kier molecular flexibility index (Phi) is 10.0. The summed E-state index contributed by atoms with van der Waals surface area (Å²) < 4.78 is 29.3. The van der Waals surface area contributed by atoms with Crippen LogP contribution in [0.2, 0.25) is 0 Å². The second-order valence-corrected chi connectivity index (χ2v) is 11.0. The van der Waals surface area contributed by atoms with E-state index in [1.54, 1.807) is 27.8 Å². The highest BCUT2D eigenvalue weighted by atomic mass is 32.2. The summed E-state index contributed by atoms with van der Waals surface area (Å²) >= 11 is 0. The molecule has 0 amide bonds. The molecule has 0 aromatic heterocycles. The van der Waals surface area contributed by atoms with Gasteiger partial charge >= 0.3 is 0 Å². The summed E-state index contributed by atoms with van der Waals surface area (Å²) in [5.74, 6) is 1.36. The van der Waals surface area contributed by atoms with Crippen LogP contribution in [-0.4, -0.2) is 82.3 Å². The fourth-order valence-electron chi connectivity index (χ4n) is 3.37. The van der Waals surface area contributed by atoms with Crippen molar-refractivity contribution >= 4 is 15.8 Å². The maximum atomic E-state index is 12.2. The van der Waals surface area contributed by atoms with E-state index in [0.717, 1.165) is 45.7 Å². The summed E-state index contributed by atoms with van der Waals surface area (Å²) in [6.07, 6.45) is 2.27. The predicted octanol–water partition coefficient (Wildman–Crippen LogP) is 1.50. The van der Waals surface area contributed by atoms with Gasteiger partial charge in [-0.25, -0.2) is 8.42 Å². The fourth-order valence-corrected chi connectivity index (χ4v) is 4.35. The second-order valence-electron chi connectivity index (χ2n) is 8.10. The van der Waals surface area contributed by atoms with Crippen molar-refractivity contribution in [3.05, 3.63) is 0 Å². The molecule has 0 spiro atoms. The van der Waals surface area contributed by atoms with Crippen LogP contribution in [0.5, 0.6) is 0 Å². The number of nitrogens with zero attached hydrogens (tertiary/aromatic N) is 2. The molecule has 0 saturated carbocycles. The van der Waals surface area contributed by atoms with E-state index in [1.165, 1.54) is 0 Å². The van der Waals surface area contributed by atoms with Gasteiger partial charge in [-0.1, -0.05) is 26.7 Å². The van der Waals surface area contributed by atoms with E-state index in [9.17, 15) is 8.42 Å². The van der Waals surface area contributed by atoms with Crippen LogP contribution in [0.1, 0.15) is 47.5 Å². The Morgan fingerprint density at radius 2 is 1.74 bits per heavy atom. The third-order valence-electron chi connectivity index (χ3n) is 5.41. The third-order valence-corrected chi connectivity index (χ3v) is 8.01. The number of ether oxygens (including phenoxy) is 1. The van der Waals surface area contributed by atoms with E-state index in [0.29, 0.717) is 24.5 Å². The van der Waals surface area contributed by atoms with E-state index in [1.807, 2.05) is 0 Å². The Morgan fingerprint density at radius 3 is 2.22 bits per heavy atom. The lowest BCUT2D eigenvalue weighted by Crippen LogP contribution is -2.53. The Balaban J connectivity index is 2.61. The Bertz CT molecular complexity index is 548. The number of nitrogens with one attached hydrogen (secondary N) is 2. The molecule has 1 fully saturated rings. The highest BCUT2D eigenvalue weighted by molar-refractivity contribution is 7.92. The van der Waals surface area contributed by atoms with Gasteiger partial charge in [0.05, 0.1) is 23.7 Å². The lowest BCUT2D eigenvalue weighted by atomic mass is 9.92. The quantitative estimate of drug-likeness (QED) is 0.448. The van der Waals surface area contributed by atoms with Crippen LogP contribution in [0.3, 0.4) is 0 Å². The lowest BCUT2D eigenvalue weighted by Gasteiger charge is -2.39. The van der Waals surface area contributed by atoms with Gasteiger partial charge in [-0.15, -0.1) is 0 Å². The number of hydrogen-bond donors (Lipinski definition) is 2. The smallest absolute Gasteiger partial charge is 0.191 e. The first kappa shape index (κ1) is 24.2. The van der Waals surface area contributed by atoms with Crippen LogP contribution in [0.15, 0.2) is 4.99 Å². The zero-order valence-corrected chi connectivity index (χ0v) is 18.9. The summed E-state index contributed by atoms with van der Waals surface area (Å²) in [6, 6.07) is 0.417. The Labute approximate surface area is 166 Å². The lowest BCUT2D eigenvalue weighted by molar-refractivity contribution is 0.00272. The molecule has 0 radical (unpaired) electrons. The molecule has 1 unspecified atom stereocenters. The molecule has 7 nitrogen and oxygen atoms in total. The molecule has 1 atom stereocenters. The molecule has 0 bridgehead atoms. The van der Waals surface area contributed by atoms with E-state index in [4.69, 9.17) is 4.74 Å². The van der Waals surface area contributed by atoms with Crippen LogP contribution in [0, 0.1) is 5.92 Å². The molecule has 1 aliphatic heterocycles. The van der Waals surface area contributed by atoms with E-state index < -0.39 is 14.6 Å². The van der Waals surface area contributed by atoms with Crippen molar-refractivity contribution in [3.8, 4) is 0 Å². The average molecular weight is 405 g/mol. The van der Waals surface area contributed by atoms with Crippen LogP contribution in [-0.2, 0) is 14.6 Å². The van der Waals surface area contributed by atoms with E-state index in [-0.39, 0.29) is 5.75 Å². The molecule has 1 rings (SSSR count). The molecule has 2 N–H and O–H groups in total.